The van der Waals surface area contributed by atoms with E-state index >= 15 is 0 Å². The average molecular weight is 1510 g/mol. The van der Waals surface area contributed by atoms with Crippen LogP contribution in [-0.4, -0.2) is 197 Å². The van der Waals surface area contributed by atoms with Crippen LogP contribution in [0.15, 0.2) is 91.0 Å². The molecular weight excluding hydrogens is 1350 g/mol. The lowest BCUT2D eigenvalue weighted by atomic mass is 9.79. The molecule has 2 saturated heterocycles. The van der Waals surface area contributed by atoms with Crippen molar-refractivity contribution in [2.75, 3.05) is 114 Å². The molecule has 2 aliphatic heterocycles. The van der Waals surface area contributed by atoms with Crippen LogP contribution >= 0.6 is 0 Å². The minimum absolute atomic E-state index is 0.0835. The van der Waals surface area contributed by atoms with Crippen molar-refractivity contribution in [1.29, 1.82) is 0 Å². The zero-order valence-corrected chi connectivity index (χ0v) is 72.4. The number of carbonyl (C=O) groups excluding carboxylic acids is 11. The number of benzene rings is 3. The van der Waals surface area contributed by atoms with E-state index < -0.39 is 0 Å². The number of rotatable bonds is 29. The van der Waals surface area contributed by atoms with E-state index in [0.717, 1.165) is 123 Å². The minimum atomic E-state index is 0.0835. The smallest absolute Gasteiger partial charge is 0.219 e. The Morgan fingerprint density at radius 3 is 0.869 bits per heavy atom. The van der Waals surface area contributed by atoms with Gasteiger partial charge in [-0.15, -0.1) is 0 Å². The SMILES string of the molecule is CC.CC.CC.CC(=O)CCC(C)=O.CC(=O)CCc1ccccc1.CC(=O)CCc1ccccc1.CCC(C)=O.CCC(C)=O.CCC(C)=O.CCCC(C)=O.COCCC1CCC(CC(C)=O)CC1.COCCc1ccccc1.COCN1CCN(C(C)=O)CC1.COCN1CCN(CCC(C)=O)CC1. The number of hydrogen-bond donors (Lipinski definition) is 0. The summed E-state index contributed by atoms with van der Waals surface area (Å²) < 4.78 is 20.1. The molecule has 1 aliphatic carbocycles. The van der Waals surface area contributed by atoms with Gasteiger partial charge in [-0.25, -0.2) is 0 Å². The molecule has 107 heavy (non-hydrogen) atoms. The second kappa shape index (κ2) is 88.5. The van der Waals surface area contributed by atoms with Crippen LogP contribution in [0.4, 0.5) is 0 Å². The standard InChI is InChI=1S/C12H22O2.C10H20N2O2.2C10H12O.C9H12O.C8H16N2O2.C6H10O2.C5H10O.3C4H8O.3C2H6/c1-10(13)9-12-5-3-11(4-6-12)7-8-14-2;1-10(13)3-4-11-5-7-12(8-6-11)9-14-2;2*1-9(11)7-8-10-5-3-2-4-6-10;1-10-8-7-9-5-3-2-4-6-9;1-8(11)10-5-3-9(4-6-10)7-12-2;1-5(7)3-4-6(2)8;1-3-4-5(2)6;3*1-3-4(2)5;3*1-2/h11-12H,3-9H2,1-2H3;3-9H2,1-2H3;2*2-6H,7-8H2,1H3;2-6H,7-8H2,1H3;3-7H2,1-2H3;3-4H2,1-2H3;3-4H2,1-2H3;3*3H2,1-2H3;3*1-2H3. The normalized spacial score (nSPS) is 13.6. The number of methoxy groups -OCH3 is 4. The van der Waals surface area contributed by atoms with Gasteiger partial charge in [0, 0.05) is 165 Å². The van der Waals surface area contributed by atoms with E-state index in [2.05, 4.69) is 26.8 Å². The quantitative estimate of drug-likeness (QED) is 0.0628. The molecule has 1 amide bonds. The highest BCUT2D eigenvalue weighted by molar-refractivity contribution is 5.83. The molecule has 0 N–H and O–H groups in total. The summed E-state index contributed by atoms with van der Waals surface area (Å²) in [6.45, 7) is 48.8. The fraction of sp³-hybridized carbons (Fsp3) is 0.670. The molecular formula is C88H156N4O15. The molecule has 0 aromatic heterocycles. The third kappa shape index (κ3) is 97.5. The lowest BCUT2D eigenvalue weighted by molar-refractivity contribution is -0.131. The number of amides is 1. The third-order valence-corrected chi connectivity index (χ3v) is 15.5. The van der Waals surface area contributed by atoms with Gasteiger partial charge in [0.25, 0.3) is 0 Å². The summed E-state index contributed by atoms with van der Waals surface area (Å²) in [6, 6.07) is 30.5. The predicted octanol–water partition coefficient (Wildman–Crippen LogP) is 17.4. The van der Waals surface area contributed by atoms with Crippen LogP contribution in [0, 0.1) is 11.8 Å². The lowest BCUT2D eigenvalue weighted by Crippen LogP contribution is -2.48. The van der Waals surface area contributed by atoms with E-state index in [1.54, 1.807) is 90.8 Å². The van der Waals surface area contributed by atoms with Gasteiger partial charge in [0.05, 0.1) is 20.1 Å². The van der Waals surface area contributed by atoms with Gasteiger partial charge in [0.2, 0.25) is 5.91 Å². The maximum absolute atomic E-state index is 10.9. The van der Waals surface area contributed by atoms with E-state index in [1.165, 1.54) is 62.6 Å². The Balaban J connectivity index is -0.000000169. The topological polar surface area (TPSA) is 238 Å². The van der Waals surface area contributed by atoms with Crippen molar-refractivity contribution in [3.05, 3.63) is 108 Å². The second-order valence-corrected chi connectivity index (χ2v) is 25.6. The Bertz CT molecular complexity index is 2460. The molecule has 0 radical (unpaired) electrons. The highest BCUT2D eigenvalue weighted by Gasteiger charge is 2.22. The number of Topliss-reactive ketones (excluding diaryl/α,β-unsaturated/α-hetero) is 10. The molecule has 0 spiro atoms. The zero-order valence-electron chi connectivity index (χ0n) is 72.4. The zero-order chi connectivity index (χ0) is 83.6. The third-order valence-electron chi connectivity index (χ3n) is 15.5. The summed E-state index contributed by atoms with van der Waals surface area (Å²) in [5.74, 6) is 4.06. The molecule has 3 aromatic carbocycles. The van der Waals surface area contributed by atoms with Crippen LogP contribution in [0.2, 0.25) is 0 Å². The maximum Gasteiger partial charge on any atom is 0.219 e. The first-order valence-corrected chi connectivity index (χ1v) is 39.3. The Labute approximate surface area is 652 Å². The molecule has 3 aliphatic rings. The minimum Gasteiger partial charge on any atom is -0.385 e. The van der Waals surface area contributed by atoms with Gasteiger partial charge in [-0.1, -0.05) is 173 Å². The first-order valence-electron chi connectivity index (χ1n) is 39.3. The van der Waals surface area contributed by atoms with Crippen molar-refractivity contribution < 1.29 is 71.7 Å². The first-order chi connectivity index (χ1) is 50.9. The Kier molecular flexibility index (Phi) is 96.2. The summed E-state index contributed by atoms with van der Waals surface area (Å²) in [5, 5.41) is 0. The van der Waals surface area contributed by atoms with Crippen LogP contribution in [0.5, 0.6) is 0 Å². The number of ether oxygens (including phenoxy) is 4. The number of aryl methyl sites for hydroxylation is 2. The molecule has 19 heteroatoms. The van der Waals surface area contributed by atoms with Crippen LogP contribution < -0.4 is 0 Å². The highest BCUT2D eigenvalue weighted by Crippen LogP contribution is 2.32. The molecule has 0 atom stereocenters. The number of piperazine rings is 2. The van der Waals surface area contributed by atoms with Crippen molar-refractivity contribution in [3.8, 4) is 0 Å². The molecule has 0 bridgehead atoms. The van der Waals surface area contributed by atoms with Gasteiger partial charge in [-0.05, 0) is 143 Å². The fourth-order valence-electron chi connectivity index (χ4n) is 8.93. The van der Waals surface area contributed by atoms with Crippen molar-refractivity contribution >= 4 is 63.7 Å². The molecule has 618 valence electrons. The first kappa shape index (κ1) is 116. The number of hydrogen-bond acceptors (Lipinski definition) is 18. The van der Waals surface area contributed by atoms with Gasteiger partial charge >= 0.3 is 0 Å². The van der Waals surface area contributed by atoms with E-state index in [0.29, 0.717) is 69.8 Å². The predicted molar refractivity (Wildman–Crippen MR) is 444 cm³/mol. The van der Waals surface area contributed by atoms with Crippen molar-refractivity contribution in [2.24, 2.45) is 11.8 Å². The number of nitrogens with zero attached hydrogens (tertiary/aromatic N) is 4. The van der Waals surface area contributed by atoms with Gasteiger partial charge in [0.1, 0.15) is 57.8 Å². The van der Waals surface area contributed by atoms with Crippen LogP contribution in [-0.2, 0) is 90.9 Å². The number of ketones is 10. The Morgan fingerprint density at radius 1 is 0.327 bits per heavy atom. The van der Waals surface area contributed by atoms with Crippen LogP contribution in [0.3, 0.4) is 0 Å². The summed E-state index contributed by atoms with van der Waals surface area (Å²) in [6.07, 6.45) is 16.3. The van der Waals surface area contributed by atoms with Gasteiger partial charge in [-0.2, -0.15) is 0 Å². The fourth-order valence-corrected chi connectivity index (χ4v) is 8.93. The number of carbonyl (C=O) groups is 11. The van der Waals surface area contributed by atoms with Crippen molar-refractivity contribution in [1.82, 2.24) is 19.6 Å². The molecule has 3 aromatic rings. The van der Waals surface area contributed by atoms with Crippen LogP contribution in [0.1, 0.15) is 265 Å². The van der Waals surface area contributed by atoms with Crippen LogP contribution in [0.25, 0.3) is 0 Å². The van der Waals surface area contributed by atoms with Crippen molar-refractivity contribution in [3.63, 3.8) is 0 Å². The van der Waals surface area contributed by atoms with E-state index in [4.69, 9.17) is 18.9 Å². The largest absolute Gasteiger partial charge is 0.385 e. The summed E-state index contributed by atoms with van der Waals surface area (Å²) in [7, 11) is 6.91. The van der Waals surface area contributed by atoms with Gasteiger partial charge in [-0.3, -0.25) is 19.4 Å². The molecule has 19 nitrogen and oxygen atoms in total. The molecule has 3 fully saturated rings. The highest BCUT2D eigenvalue weighted by atomic mass is 16.5. The summed E-state index contributed by atoms with van der Waals surface area (Å²) in [4.78, 5) is 122. The Hall–Kier alpha value is -6.45. The van der Waals surface area contributed by atoms with E-state index in [1.807, 2.05) is 153 Å². The molecule has 1 saturated carbocycles. The maximum atomic E-state index is 10.9. The van der Waals surface area contributed by atoms with Gasteiger partial charge in [0.15, 0.2) is 0 Å². The lowest BCUT2D eigenvalue weighted by Gasteiger charge is -2.33. The average Bonchev–Trinajstić information content (AvgIpc) is 0.914. The monoisotopic (exact) mass is 1510 g/mol. The van der Waals surface area contributed by atoms with E-state index in [-0.39, 0.29) is 58.0 Å². The Morgan fingerprint density at radius 2 is 0.617 bits per heavy atom. The summed E-state index contributed by atoms with van der Waals surface area (Å²) in [5.41, 5.74) is 3.81. The summed E-state index contributed by atoms with van der Waals surface area (Å²) >= 11 is 0. The molecule has 2 heterocycles. The molecule has 6 rings (SSSR count). The van der Waals surface area contributed by atoms with E-state index in [9.17, 15) is 52.7 Å². The van der Waals surface area contributed by atoms with Crippen molar-refractivity contribution in [2.45, 2.75) is 267 Å². The second-order valence-electron chi connectivity index (χ2n) is 25.6. The van der Waals surface area contributed by atoms with Gasteiger partial charge < -0.3 is 71.9 Å². The molecule has 0 unspecified atom stereocenters.